The molecule has 2 rings (SSSR count). The second-order valence-corrected chi connectivity index (χ2v) is 5.36. The first kappa shape index (κ1) is 16.1. The van der Waals surface area contributed by atoms with Gasteiger partial charge in [0.25, 0.3) is 5.91 Å². The lowest BCUT2D eigenvalue weighted by molar-refractivity contribution is -0.124. The number of hydrogen-bond donors (Lipinski definition) is 1. The van der Waals surface area contributed by atoms with E-state index in [4.69, 9.17) is 16.3 Å². The highest BCUT2D eigenvalue weighted by Crippen LogP contribution is 2.15. The average molecular weight is 321 g/mol. The largest absolute Gasteiger partial charge is 0.451 e. The molecule has 6 heteroatoms. The first-order valence-electron chi connectivity index (χ1n) is 6.80. The van der Waals surface area contributed by atoms with Gasteiger partial charge in [0.05, 0.1) is 6.04 Å². The molecule has 1 aromatic heterocycles. The number of benzene rings is 1. The van der Waals surface area contributed by atoms with Gasteiger partial charge in [-0.05, 0) is 36.8 Å². The Hall–Kier alpha value is -2.27. The summed E-state index contributed by atoms with van der Waals surface area (Å²) in [7, 11) is 1.74. The molecule has 0 bridgehead atoms. The molecule has 22 heavy (non-hydrogen) atoms. The first-order valence-corrected chi connectivity index (χ1v) is 7.18. The lowest BCUT2D eigenvalue weighted by Crippen LogP contribution is -2.31. The van der Waals surface area contributed by atoms with Crippen molar-refractivity contribution in [1.29, 1.82) is 0 Å². The molecule has 1 heterocycles. The van der Waals surface area contributed by atoms with Crippen LogP contribution in [0, 0.1) is 0 Å². The zero-order chi connectivity index (χ0) is 16.1. The van der Waals surface area contributed by atoms with Crippen molar-refractivity contribution in [2.24, 2.45) is 7.05 Å². The summed E-state index contributed by atoms with van der Waals surface area (Å²) < 4.78 is 6.63. The zero-order valence-electron chi connectivity index (χ0n) is 12.4. The van der Waals surface area contributed by atoms with Crippen LogP contribution in [0.25, 0.3) is 0 Å². The molecular weight excluding hydrogens is 304 g/mol. The maximum atomic E-state index is 11.8. The van der Waals surface area contributed by atoms with Crippen LogP contribution in [0.5, 0.6) is 0 Å². The molecule has 2 aromatic rings. The molecule has 1 atom stereocenters. The van der Waals surface area contributed by atoms with Crippen LogP contribution in [0.1, 0.15) is 29.0 Å². The van der Waals surface area contributed by atoms with Crippen molar-refractivity contribution in [3.63, 3.8) is 0 Å². The maximum absolute atomic E-state index is 11.8. The van der Waals surface area contributed by atoms with Gasteiger partial charge in [0.1, 0.15) is 5.69 Å². The van der Waals surface area contributed by atoms with Crippen LogP contribution >= 0.6 is 11.6 Å². The quantitative estimate of drug-likeness (QED) is 0.862. The molecule has 0 spiro atoms. The standard InChI is InChI=1S/C16H17ClN2O3/c1-11(12-5-7-13(17)8-6-12)18-15(20)10-22-16(21)14-4-3-9-19(14)2/h3-9,11H,10H2,1-2H3,(H,18,20)/t11-/m0/s1. The number of halogens is 1. The van der Waals surface area contributed by atoms with Gasteiger partial charge in [-0.3, -0.25) is 4.79 Å². The van der Waals surface area contributed by atoms with Gasteiger partial charge < -0.3 is 14.6 Å². The Morgan fingerprint density at radius 2 is 1.95 bits per heavy atom. The molecule has 0 aliphatic heterocycles. The van der Waals surface area contributed by atoms with Crippen molar-refractivity contribution in [1.82, 2.24) is 9.88 Å². The first-order chi connectivity index (χ1) is 10.5. The predicted molar refractivity (Wildman–Crippen MR) is 83.7 cm³/mol. The molecule has 1 aromatic carbocycles. The van der Waals surface area contributed by atoms with Crippen LogP contribution in [-0.4, -0.2) is 23.1 Å². The minimum Gasteiger partial charge on any atom is -0.451 e. The maximum Gasteiger partial charge on any atom is 0.355 e. The van der Waals surface area contributed by atoms with E-state index in [1.165, 1.54) is 0 Å². The fourth-order valence-electron chi connectivity index (χ4n) is 2.00. The smallest absolute Gasteiger partial charge is 0.355 e. The van der Waals surface area contributed by atoms with E-state index in [1.807, 2.05) is 19.1 Å². The third-order valence-electron chi connectivity index (χ3n) is 3.23. The number of esters is 1. The zero-order valence-corrected chi connectivity index (χ0v) is 13.1. The third-order valence-corrected chi connectivity index (χ3v) is 3.49. The van der Waals surface area contributed by atoms with Crippen LogP contribution < -0.4 is 5.32 Å². The summed E-state index contributed by atoms with van der Waals surface area (Å²) in [5.41, 5.74) is 1.32. The van der Waals surface area contributed by atoms with Crippen molar-refractivity contribution in [2.75, 3.05) is 6.61 Å². The number of ether oxygens (including phenoxy) is 1. The van der Waals surface area contributed by atoms with Crippen LogP contribution in [0.4, 0.5) is 0 Å². The summed E-state index contributed by atoms with van der Waals surface area (Å²) in [4.78, 5) is 23.6. The number of nitrogens with zero attached hydrogens (tertiary/aromatic N) is 1. The van der Waals surface area contributed by atoms with Crippen LogP contribution in [0.3, 0.4) is 0 Å². The number of carbonyl (C=O) groups excluding carboxylic acids is 2. The topological polar surface area (TPSA) is 60.3 Å². The summed E-state index contributed by atoms with van der Waals surface area (Å²) in [6.45, 7) is 1.53. The van der Waals surface area contributed by atoms with Gasteiger partial charge in [0, 0.05) is 18.3 Å². The molecule has 0 radical (unpaired) electrons. The summed E-state index contributed by atoms with van der Waals surface area (Å²) in [6.07, 6.45) is 1.74. The number of hydrogen-bond acceptors (Lipinski definition) is 3. The number of amides is 1. The van der Waals surface area contributed by atoms with Gasteiger partial charge in [-0.15, -0.1) is 0 Å². The highest BCUT2D eigenvalue weighted by molar-refractivity contribution is 6.30. The molecule has 0 aliphatic carbocycles. The van der Waals surface area contributed by atoms with Crippen molar-refractivity contribution in [3.05, 3.63) is 58.9 Å². The summed E-state index contributed by atoms with van der Waals surface area (Å²) in [5.74, 6) is -0.883. The lowest BCUT2D eigenvalue weighted by Gasteiger charge is -2.14. The van der Waals surface area contributed by atoms with Gasteiger partial charge in [0.15, 0.2) is 6.61 Å². The second kappa shape index (κ2) is 7.13. The number of aryl methyl sites for hydroxylation is 1. The van der Waals surface area contributed by atoms with Gasteiger partial charge in [-0.2, -0.15) is 0 Å². The minimum absolute atomic E-state index is 0.196. The normalized spacial score (nSPS) is 11.8. The monoisotopic (exact) mass is 320 g/mol. The predicted octanol–water partition coefficient (Wildman–Crippen LogP) is 2.71. The SMILES string of the molecule is C[C@H](NC(=O)COC(=O)c1cccn1C)c1ccc(Cl)cc1. The molecule has 0 aliphatic rings. The summed E-state index contributed by atoms with van der Waals surface area (Å²) in [6, 6.07) is 10.4. The molecular formula is C16H17ClN2O3. The van der Waals surface area contributed by atoms with Crippen molar-refractivity contribution in [2.45, 2.75) is 13.0 Å². The summed E-state index contributed by atoms with van der Waals surface area (Å²) >= 11 is 5.82. The molecule has 0 saturated carbocycles. The Balaban J connectivity index is 1.84. The van der Waals surface area contributed by atoms with E-state index < -0.39 is 5.97 Å². The molecule has 1 amide bonds. The lowest BCUT2D eigenvalue weighted by atomic mass is 10.1. The average Bonchev–Trinajstić information content (AvgIpc) is 2.91. The van der Waals surface area contributed by atoms with Gasteiger partial charge in [0.2, 0.25) is 0 Å². The van der Waals surface area contributed by atoms with E-state index >= 15 is 0 Å². The van der Waals surface area contributed by atoms with Crippen LogP contribution in [0.2, 0.25) is 5.02 Å². The fraction of sp³-hybridized carbons (Fsp3) is 0.250. The molecule has 116 valence electrons. The van der Waals surface area contributed by atoms with Crippen molar-refractivity contribution < 1.29 is 14.3 Å². The van der Waals surface area contributed by atoms with E-state index in [2.05, 4.69) is 5.32 Å². The van der Waals surface area contributed by atoms with Gasteiger partial charge >= 0.3 is 5.97 Å². The van der Waals surface area contributed by atoms with Gasteiger partial charge in [-0.25, -0.2) is 4.79 Å². The van der Waals surface area contributed by atoms with Crippen LogP contribution in [-0.2, 0) is 16.6 Å². The Morgan fingerprint density at radius 1 is 1.27 bits per heavy atom. The Bertz CT molecular complexity index is 664. The van der Waals surface area contributed by atoms with Crippen molar-refractivity contribution >= 4 is 23.5 Å². The molecule has 0 unspecified atom stereocenters. The Labute approximate surface area is 133 Å². The highest BCUT2D eigenvalue weighted by Gasteiger charge is 2.14. The molecule has 0 saturated heterocycles. The van der Waals surface area contributed by atoms with Crippen LogP contribution in [0.15, 0.2) is 42.6 Å². The number of rotatable bonds is 5. The second-order valence-electron chi connectivity index (χ2n) is 4.92. The number of aromatic nitrogens is 1. The molecule has 1 N–H and O–H groups in total. The third kappa shape index (κ3) is 4.11. The van der Waals surface area contributed by atoms with Gasteiger partial charge in [-0.1, -0.05) is 23.7 Å². The minimum atomic E-state index is -0.526. The van der Waals surface area contributed by atoms with Crippen molar-refractivity contribution in [3.8, 4) is 0 Å². The highest BCUT2D eigenvalue weighted by atomic mass is 35.5. The molecule has 5 nitrogen and oxygen atoms in total. The van der Waals surface area contributed by atoms with E-state index in [-0.39, 0.29) is 18.6 Å². The number of nitrogens with one attached hydrogen (secondary N) is 1. The van der Waals surface area contributed by atoms with E-state index in [0.29, 0.717) is 10.7 Å². The van der Waals surface area contributed by atoms with E-state index in [0.717, 1.165) is 5.56 Å². The summed E-state index contributed by atoms with van der Waals surface area (Å²) in [5, 5.41) is 3.40. The fourth-order valence-corrected chi connectivity index (χ4v) is 2.12. The van der Waals surface area contributed by atoms with E-state index in [1.54, 1.807) is 42.1 Å². The Kier molecular flexibility index (Phi) is 5.22. The van der Waals surface area contributed by atoms with E-state index in [9.17, 15) is 9.59 Å². The molecule has 0 fully saturated rings. The Morgan fingerprint density at radius 3 is 2.55 bits per heavy atom. The number of carbonyl (C=O) groups is 2.